The number of amides is 2. The Morgan fingerprint density at radius 2 is 1.74 bits per heavy atom. The first-order valence-electron chi connectivity index (χ1n) is 7.61. The lowest BCUT2D eigenvalue weighted by atomic mass is 10.1. The zero-order valence-electron chi connectivity index (χ0n) is 13.6. The van der Waals surface area contributed by atoms with Gasteiger partial charge in [-0.3, -0.25) is 24.8 Å². The largest absolute Gasteiger partial charge is 0.321 e. The normalized spacial score (nSPS) is 10.3. The van der Waals surface area contributed by atoms with Crippen molar-refractivity contribution in [3.63, 3.8) is 0 Å². The van der Waals surface area contributed by atoms with Gasteiger partial charge in [0.15, 0.2) is 5.69 Å². The van der Waals surface area contributed by atoms with Crippen LogP contribution < -0.4 is 10.6 Å². The molecule has 136 valence electrons. The van der Waals surface area contributed by atoms with E-state index in [0.29, 0.717) is 5.69 Å². The van der Waals surface area contributed by atoms with E-state index in [2.05, 4.69) is 20.8 Å². The van der Waals surface area contributed by atoms with Crippen LogP contribution in [0.2, 0.25) is 0 Å². The summed E-state index contributed by atoms with van der Waals surface area (Å²) in [6.07, 6.45) is 1.27. The molecule has 3 aromatic rings. The van der Waals surface area contributed by atoms with Gasteiger partial charge in [-0.1, -0.05) is 12.1 Å². The fraction of sp³-hybridized carbons (Fsp3) is 0. The molecule has 0 saturated carbocycles. The zero-order valence-corrected chi connectivity index (χ0v) is 13.6. The summed E-state index contributed by atoms with van der Waals surface area (Å²) in [6.45, 7) is 0. The van der Waals surface area contributed by atoms with Crippen LogP contribution in [-0.2, 0) is 0 Å². The van der Waals surface area contributed by atoms with Gasteiger partial charge in [0.05, 0.1) is 10.6 Å². The maximum Gasteiger partial charge on any atom is 0.282 e. The Kier molecular flexibility index (Phi) is 4.88. The predicted molar refractivity (Wildman–Crippen MR) is 94.0 cm³/mol. The fourth-order valence-electron chi connectivity index (χ4n) is 2.30. The van der Waals surface area contributed by atoms with Crippen molar-refractivity contribution in [1.82, 2.24) is 10.2 Å². The van der Waals surface area contributed by atoms with Crippen LogP contribution in [-0.4, -0.2) is 26.9 Å². The van der Waals surface area contributed by atoms with Gasteiger partial charge in [-0.15, -0.1) is 0 Å². The van der Waals surface area contributed by atoms with Crippen LogP contribution >= 0.6 is 0 Å². The van der Waals surface area contributed by atoms with Crippen LogP contribution in [0.25, 0.3) is 0 Å². The molecule has 2 amide bonds. The van der Waals surface area contributed by atoms with Gasteiger partial charge in [0.25, 0.3) is 17.5 Å². The standard InChI is InChI=1S/C17H12FN5O4/c18-10-5-7-11(8-6-10)20-17(25)15-13(9-19-22-15)21-16(24)12-3-1-2-4-14(12)23(26)27/h1-9H,(H,19,22)(H,20,25)(H,21,24). The van der Waals surface area contributed by atoms with Gasteiger partial charge in [-0.05, 0) is 30.3 Å². The van der Waals surface area contributed by atoms with Crippen molar-refractivity contribution < 1.29 is 18.9 Å². The second-order valence-corrected chi connectivity index (χ2v) is 5.34. The van der Waals surface area contributed by atoms with Crippen LogP contribution in [0, 0.1) is 15.9 Å². The van der Waals surface area contributed by atoms with Gasteiger partial charge in [0, 0.05) is 18.0 Å². The van der Waals surface area contributed by atoms with E-state index < -0.39 is 22.6 Å². The highest BCUT2D eigenvalue weighted by Crippen LogP contribution is 2.21. The van der Waals surface area contributed by atoms with E-state index in [1.807, 2.05) is 0 Å². The van der Waals surface area contributed by atoms with E-state index >= 15 is 0 Å². The third kappa shape index (κ3) is 3.95. The first kappa shape index (κ1) is 17.7. The SMILES string of the molecule is O=C(Nc1c[nH]nc1C(=O)Nc1ccc(F)cc1)c1ccccc1[N+](=O)[O-]. The minimum absolute atomic E-state index is 0.0396. The minimum atomic E-state index is -0.764. The summed E-state index contributed by atoms with van der Waals surface area (Å²) in [5.41, 5.74) is -0.284. The van der Waals surface area contributed by atoms with E-state index in [9.17, 15) is 24.1 Å². The molecule has 0 atom stereocenters. The van der Waals surface area contributed by atoms with Gasteiger partial charge < -0.3 is 10.6 Å². The molecule has 0 aliphatic heterocycles. The van der Waals surface area contributed by atoms with E-state index in [0.717, 1.165) is 0 Å². The second kappa shape index (κ2) is 7.44. The maximum atomic E-state index is 12.9. The number of anilines is 2. The number of benzene rings is 2. The van der Waals surface area contributed by atoms with Crippen molar-refractivity contribution in [2.45, 2.75) is 0 Å². The third-order valence-corrected chi connectivity index (χ3v) is 3.55. The van der Waals surface area contributed by atoms with Crippen LogP contribution in [0.1, 0.15) is 20.8 Å². The molecular weight excluding hydrogens is 357 g/mol. The Balaban J connectivity index is 1.79. The summed E-state index contributed by atoms with van der Waals surface area (Å²) in [6, 6.07) is 10.5. The van der Waals surface area contributed by atoms with Crippen LogP contribution in [0.4, 0.5) is 21.5 Å². The summed E-state index contributed by atoms with van der Waals surface area (Å²) < 4.78 is 12.9. The Bertz CT molecular complexity index is 1020. The number of aromatic amines is 1. The van der Waals surface area contributed by atoms with Gasteiger partial charge in [0.2, 0.25) is 0 Å². The highest BCUT2D eigenvalue weighted by molar-refractivity contribution is 6.12. The summed E-state index contributed by atoms with van der Waals surface area (Å²) >= 11 is 0. The van der Waals surface area contributed by atoms with Crippen LogP contribution in [0.3, 0.4) is 0 Å². The second-order valence-electron chi connectivity index (χ2n) is 5.34. The highest BCUT2D eigenvalue weighted by Gasteiger charge is 2.22. The Hall–Kier alpha value is -4.08. The molecule has 0 radical (unpaired) electrons. The molecule has 3 rings (SSSR count). The number of halogens is 1. The Morgan fingerprint density at radius 1 is 1.04 bits per heavy atom. The summed E-state index contributed by atoms with van der Waals surface area (Å²) in [5, 5.41) is 22.2. The number of carbonyl (C=O) groups is 2. The topological polar surface area (TPSA) is 130 Å². The molecule has 2 aromatic carbocycles. The smallest absolute Gasteiger partial charge is 0.282 e. The molecule has 27 heavy (non-hydrogen) atoms. The molecule has 9 nitrogen and oxygen atoms in total. The number of nitro benzene ring substituents is 1. The van der Waals surface area contributed by atoms with Gasteiger partial charge >= 0.3 is 0 Å². The molecule has 0 aliphatic carbocycles. The number of nitrogens with one attached hydrogen (secondary N) is 3. The number of rotatable bonds is 5. The van der Waals surface area contributed by atoms with Crippen molar-refractivity contribution in [2.24, 2.45) is 0 Å². The van der Waals surface area contributed by atoms with Gasteiger partial charge in [-0.2, -0.15) is 5.10 Å². The van der Waals surface area contributed by atoms with Crippen LogP contribution in [0.5, 0.6) is 0 Å². The van der Waals surface area contributed by atoms with Crippen molar-refractivity contribution in [3.8, 4) is 0 Å². The molecule has 0 aliphatic rings. The van der Waals surface area contributed by atoms with Gasteiger partial charge in [0.1, 0.15) is 11.4 Å². The summed E-state index contributed by atoms with van der Waals surface area (Å²) in [7, 11) is 0. The molecule has 0 unspecified atom stereocenters. The van der Waals surface area contributed by atoms with E-state index in [1.54, 1.807) is 0 Å². The average molecular weight is 369 g/mol. The maximum absolute atomic E-state index is 12.9. The molecule has 0 fully saturated rings. The molecule has 0 saturated heterocycles. The Morgan fingerprint density at radius 3 is 2.44 bits per heavy atom. The number of nitrogens with zero attached hydrogens (tertiary/aromatic N) is 2. The monoisotopic (exact) mass is 369 g/mol. The van der Waals surface area contributed by atoms with Crippen molar-refractivity contribution >= 4 is 28.9 Å². The predicted octanol–water partition coefficient (Wildman–Crippen LogP) is 2.96. The highest BCUT2D eigenvalue weighted by atomic mass is 19.1. The number of nitro groups is 1. The number of hydrogen-bond acceptors (Lipinski definition) is 5. The minimum Gasteiger partial charge on any atom is -0.321 e. The van der Waals surface area contributed by atoms with Crippen molar-refractivity contribution in [3.05, 3.63) is 81.9 Å². The van der Waals surface area contributed by atoms with E-state index in [-0.39, 0.29) is 22.6 Å². The quantitative estimate of drug-likeness (QED) is 0.470. The average Bonchev–Trinajstić information content (AvgIpc) is 3.11. The molecule has 1 aromatic heterocycles. The first-order valence-corrected chi connectivity index (χ1v) is 7.61. The lowest BCUT2D eigenvalue weighted by molar-refractivity contribution is -0.385. The molecule has 0 spiro atoms. The number of hydrogen-bond donors (Lipinski definition) is 3. The lowest BCUT2D eigenvalue weighted by Crippen LogP contribution is -2.18. The Labute approximate surface area is 151 Å². The molecule has 0 bridgehead atoms. The lowest BCUT2D eigenvalue weighted by Gasteiger charge is -2.07. The number of carbonyl (C=O) groups excluding carboxylic acids is 2. The van der Waals surface area contributed by atoms with E-state index in [4.69, 9.17) is 0 Å². The zero-order chi connectivity index (χ0) is 19.4. The summed E-state index contributed by atoms with van der Waals surface area (Å²) in [4.78, 5) is 35.1. The molecule has 10 heteroatoms. The molecular formula is C17H12FN5O4. The van der Waals surface area contributed by atoms with Gasteiger partial charge in [-0.25, -0.2) is 4.39 Å². The van der Waals surface area contributed by atoms with Crippen molar-refractivity contribution in [1.29, 1.82) is 0 Å². The number of H-pyrrole nitrogens is 1. The van der Waals surface area contributed by atoms with E-state index in [1.165, 1.54) is 54.7 Å². The third-order valence-electron chi connectivity index (χ3n) is 3.55. The summed E-state index contributed by atoms with van der Waals surface area (Å²) in [5.74, 6) is -1.87. The van der Waals surface area contributed by atoms with Crippen molar-refractivity contribution in [2.75, 3.05) is 10.6 Å². The fourth-order valence-corrected chi connectivity index (χ4v) is 2.30. The van der Waals surface area contributed by atoms with Crippen LogP contribution in [0.15, 0.2) is 54.7 Å². The first-order chi connectivity index (χ1) is 13.0. The molecule has 1 heterocycles. The number of para-hydroxylation sites is 1. The molecule has 3 N–H and O–H groups in total. The number of aromatic nitrogens is 2.